The molecule has 23 heavy (non-hydrogen) atoms. The Kier molecular flexibility index (Phi) is 1.98. The first kappa shape index (κ1) is 7.30. The van der Waals surface area contributed by atoms with Gasteiger partial charge in [0.25, 0.3) is 0 Å². The van der Waals surface area contributed by atoms with Crippen LogP contribution in [0.3, 0.4) is 0 Å². The number of fused-ring (bicyclic) bond motifs is 1. The van der Waals surface area contributed by atoms with E-state index in [0.29, 0.717) is 0 Å². The molecule has 0 aliphatic carbocycles. The monoisotopic (exact) mass is 322 g/mol. The van der Waals surface area contributed by atoms with Gasteiger partial charge in [-0.25, -0.2) is 9.97 Å². The van der Waals surface area contributed by atoms with Crippen molar-refractivity contribution in [2.45, 2.75) is 25.7 Å². The summed E-state index contributed by atoms with van der Waals surface area (Å²) in [7, 11) is 1.24. The van der Waals surface area contributed by atoms with E-state index >= 15 is 0 Å². The Hall–Kier alpha value is -2.62. The van der Waals surface area contributed by atoms with Crippen LogP contribution in [0, 0.1) is 17.2 Å². The van der Waals surface area contributed by atoms with Crippen LogP contribution in [0.15, 0.2) is 18.6 Å². The van der Waals surface area contributed by atoms with Gasteiger partial charge in [-0.1, -0.05) is 6.92 Å². The Morgan fingerprint density at radius 3 is 3.39 bits per heavy atom. The SMILES string of the molecule is [2H]c1c[nH]c2ncnc(N(C)[C@H]3C([2H])([2H])N(C(=O)C([2H])([2H])C#N)C([2H])([2H])C([2H])([2H])[C@@]3([2H])C)c12. The predicted octanol–water partition coefficient (Wildman–Crippen LogP) is 1.54. The third-order valence-electron chi connectivity index (χ3n) is 3.37. The van der Waals surface area contributed by atoms with Crippen molar-refractivity contribution in [2.24, 2.45) is 5.89 Å². The molecule has 0 saturated carbocycles. The van der Waals surface area contributed by atoms with Gasteiger partial charge in [0.1, 0.15) is 24.2 Å². The summed E-state index contributed by atoms with van der Waals surface area (Å²) in [6.07, 6.45) is -4.23. The van der Waals surface area contributed by atoms with E-state index < -0.39 is 43.6 Å². The summed E-state index contributed by atoms with van der Waals surface area (Å²) in [6.45, 7) is -5.76. The first-order chi connectivity index (χ1) is 14.9. The highest BCUT2D eigenvalue weighted by Crippen LogP contribution is 2.28. The fourth-order valence-electron chi connectivity index (χ4n) is 2.24. The lowest BCUT2D eigenvalue weighted by Gasteiger charge is -2.42. The minimum atomic E-state index is -3.51. The molecular formula is C16H20N6O. The highest BCUT2D eigenvalue weighted by molar-refractivity contribution is 5.87. The molecule has 1 aliphatic rings. The highest BCUT2D eigenvalue weighted by Gasteiger charge is 2.32. The number of nitrogens with zero attached hydrogens (tertiary/aromatic N) is 5. The Morgan fingerprint density at radius 1 is 1.78 bits per heavy atom. The topological polar surface area (TPSA) is 88.9 Å². The van der Waals surface area contributed by atoms with Gasteiger partial charge < -0.3 is 14.8 Å². The number of carbonyl (C=O) groups excluding carboxylic acids is 1. The zero-order chi connectivity index (χ0) is 25.4. The van der Waals surface area contributed by atoms with Crippen LogP contribution in [0.1, 0.15) is 33.4 Å². The molecule has 0 bridgehead atoms. The number of carbonyl (C=O) groups is 1. The number of likely N-dealkylation sites (tertiary alicyclic amines) is 1. The quantitative estimate of drug-likeness (QED) is 0.926. The molecule has 1 saturated heterocycles. The van der Waals surface area contributed by atoms with E-state index in [1.165, 1.54) is 13.2 Å². The second kappa shape index (κ2) is 6.24. The summed E-state index contributed by atoms with van der Waals surface area (Å²) in [5.41, 5.74) is 0.201. The lowest BCUT2D eigenvalue weighted by Crippen LogP contribution is -2.52. The van der Waals surface area contributed by atoms with Gasteiger partial charge in [-0.15, -0.1) is 0 Å². The summed E-state index contributed by atoms with van der Waals surface area (Å²) in [6, 6.07) is -1.00. The summed E-state index contributed by atoms with van der Waals surface area (Å²) >= 11 is 0. The number of piperidine rings is 1. The minimum Gasteiger partial charge on any atom is -0.354 e. The van der Waals surface area contributed by atoms with Crippen molar-refractivity contribution < 1.29 is 18.5 Å². The molecule has 2 aromatic rings. The Labute approximate surface area is 149 Å². The molecule has 1 amide bonds. The van der Waals surface area contributed by atoms with Gasteiger partial charge in [-0.2, -0.15) is 5.26 Å². The second-order valence-electron chi connectivity index (χ2n) is 4.79. The van der Waals surface area contributed by atoms with Crippen molar-refractivity contribution in [3.63, 3.8) is 0 Å². The number of rotatable bonds is 3. The average molecular weight is 322 g/mol. The largest absolute Gasteiger partial charge is 0.354 e. The maximum Gasteiger partial charge on any atom is 0.236 e. The third-order valence-corrected chi connectivity index (χ3v) is 3.37. The molecule has 3 rings (SSSR count). The number of aromatic nitrogens is 3. The predicted molar refractivity (Wildman–Crippen MR) is 86.7 cm³/mol. The molecule has 7 nitrogen and oxygen atoms in total. The van der Waals surface area contributed by atoms with Crippen molar-refractivity contribution in [3.8, 4) is 6.07 Å². The maximum absolute atomic E-state index is 12.9. The van der Waals surface area contributed by atoms with Crippen LogP contribution in [0.25, 0.3) is 11.0 Å². The number of hydrogen-bond donors (Lipinski definition) is 1. The molecule has 1 aliphatic heterocycles. The number of aromatic amines is 1. The van der Waals surface area contributed by atoms with Crippen molar-refractivity contribution in [2.75, 3.05) is 24.9 Å². The van der Waals surface area contributed by atoms with Crippen LogP contribution in [-0.2, 0) is 4.79 Å². The first-order valence-corrected chi connectivity index (χ1v) is 6.65. The molecule has 0 aromatic carbocycles. The van der Waals surface area contributed by atoms with Crippen LogP contribution in [0.5, 0.6) is 0 Å². The van der Waals surface area contributed by atoms with Gasteiger partial charge in [0.15, 0.2) is 0 Å². The molecule has 0 unspecified atom stereocenters. The Bertz CT molecular complexity index is 1160. The standard InChI is InChI=1S/C16H20N6O/c1-11-5-8-22(14(23)3-6-17)9-13(11)21(2)16-12-4-7-18-15(12)19-10-20-16/h4,7,10-11,13H,3,5,8-9H2,1-2H3,(H,18,19,20)/t11-,13+/m1/s1/i3D2,4D,5D2,8D2,9D2,11D. The van der Waals surface area contributed by atoms with Gasteiger partial charge in [0.05, 0.1) is 24.4 Å². The molecule has 0 radical (unpaired) electrons. The summed E-state index contributed by atoms with van der Waals surface area (Å²) in [4.78, 5) is 24.3. The number of nitriles is 1. The summed E-state index contributed by atoms with van der Waals surface area (Å²) in [5.74, 6) is -4.60. The van der Waals surface area contributed by atoms with Crippen molar-refractivity contribution in [1.29, 1.82) is 5.26 Å². The summed E-state index contributed by atoms with van der Waals surface area (Å²) in [5, 5.41) is 9.16. The van der Waals surface area contributed by atoms with E-state index in [1.54, 1.807) is 0 Å². The fraction of sp³-hybridized carbons (Fsp3) is 0.500. The zero-order valence-corrected chi connectivity index (χ0v) is 12.4. The van der Waals surface area contributed by atoms with Crippen LogP contribution in [0.2, 0.25) is 0 Å². The van der Waals surface area contributed by atoms with Gasteiger partial charge >= 0.3 is 0 Å². The molecule has 0 spiro atoms. The Morgan fingerprint density at radius 2 is 2.61 bits per heavy atom. The van der Waals surface area contributed by atoms with Gasteiger partial charge in [0, 0.05) is 33.1 Å². The summed E-state index contributed by atoms with van der Waals surface area (Å²) < 4.78 is 82.6. The number of amides is 1. The average Bonchev–Trinajstić information content (AvgIpc) is 3.07. The maximum atomic E-state index is 12.9. The number of nitrogens with one attached hydrogen (secondary N) is 1. The number of anilines is 1. The smallest absolute Gasteiger partial charge is 0.236 e. The molecule has 7 heteroatoms. The van der Waals surface area contributed by atoms with Crippen molar-refractivity contribution >= 4 is 22.8 Å². The van der Waals surface area contributed by atoms with Crippen LogP contribution < -0.4 is 4.90 Å². The van der Waals surface area contributed by atoms with E-state index in [-0.39, 0.29) is 27.8 Å². The molecule has 1 N–H and O–H groups in total. The van der Waals surface area contributed by atoms with Crippen LogP contribution in [-0.4, -0.2) is 51.8 Å². The molecule has 1 fully saturated rings. The number of H-pyrrole nitrogens is 1. The number of hydrogen-bond acceptors (Lipinski definition) is 5. The first-order valence-electron chi connectivity index (χ1n) is 11.6. The Balaban J connectivity index is 2.31. The normalized spacial score (nSPS) is 38.0. The lowest BCUT2D eigenvalue weighted by atomic mass is 9.92. The van der Waals surface area contributed by atoms with Gasteiger partial charge in [-0.05, 0) is 18.3 Å². The second-order valence-corrected chi connectivity index (χ2v) is 4.79. The van der Waals surface area contributed by atoms with Crippen LogP contribution >= 0.6 is 0 Å². The van der Waals surface area contributed by atoms with E-state index in [4.69, 9.17) is 19.0 Å². The molecule has 120 valence electrons. The zero-order valence-electron chi connectivity index (χ0n) is 22.4. The molecule has 2 atom stereocenters. The molecular weight excluding hydrogens is 292 g/mol. The lowest BCUT2D eigenvalue weighted by molar-refractivity contribution is -0.131. The van der Waals surface area contributed by atoms with E-state index in [0.717, 1.165) is 24.2 Å². The van der Waals surface area contributed by atoms with Gasteiger partial charge in [0.2, 0.25) is 5.91 Å². The van der Waals surface area contributed by atoms with Crippen LogP contribution in [0.4, 0.5) is 5.82 Å². The highest BCUT2D eigenvalue weighted by atomic mass is 16.2. The fourth-order valence-corrected chi connectivity index (χ4v) is 2.24. The van der Waals surface area contributed by atoms with Crippen molar-refractivity contribution in [1.82, 2.24) is 19.9 Å². The van der Waals surface area contributed by atoms with E-state index in [1.807, 2.05) is 0 Å². The van der Waals surface area contributed by atoms with E-state index in [2.05, 4.69) is 15.0 Å². The third kappa shape index (κ3) is 2.84. The van der Waals surface area contributed by atoms with Gasteiger partial charge in [-0.3, -0.25) is 4.79 Å². The molecule has 2 aromatic heterocycles. The van der Waals surface area contributed by atoms with E-state index in [9.17, 15) is 4.79 Å². The van der Waals surface area contributed by atoms with Crippen molar-refractivity contribution in [3.05, 3.63) is 18.6 Å². The molecule has 3 heterocycles. The minimum absolute atomic E-state index is 0.0809. The number of likely N-dealkylation sites (N-methyl/N-ethyl adjacent to an activating group) is 1.